The van der Waals surface area contributed by atoms with Crippen LogP contribution in [0.3, 0.4) is 0 Å². The second kappa shape index (κ2) is 5.26. The summed E-state index contributed by atoms with van der Waals surface area (Å²) < 4.78 is 0. The van der Waals surface area contributed by atoms with Gasteiger partial charge in [0, 0.05) is 0 Å². The number of aromatic hydroxyl groups is 1. The predicted molar refractivity (Wildman–Crippen MR) is 77.0 cm³/mol. The van der Waals surface area contributed by atoms with E-state index in [-0.39, 0.29) is 0 Å². The summed E-state index contributed by atoms with van der Waals surface area (Å²) in [6.07, 6.45) is 2.31. The maximum Gasteiger partial charge on any atom is 0.115 e. The fourth-order valence-electron chi connectivity index (χ4n) is 2.57. The summed E-state index contributed by atoms with van der Waals surface area (Å²) >= 11 is 0. The van der Waals surface area contributed by atoms with Gasteiger partial charge in [-0.25, -0.2) is 0 Å². The average Bonchev–Trinajstić information content (AvgIpc) is 2.31. The van der Waals surface area contributed by atoms with Crippen molar-refractivity contribution < 1.29 is 5.11 Å². The van der Waals surface area contributed by atoms with Crippen LogP contribution in [0, 0.1) is 13.8 Å². The molecule has 0 fully saturated rings. The highest BCUT2D eigenvalue weighted by Crippen LogP contribution is 2.29. The number of phenols is 1. The number of aryl methyl sites for hydroxylation is 3. The maximum atomic E-state index is 9.36. The van der Waals surface area contributed by atoms with Crippen LogP contribution in [0.5, 0.6) is 5.75 Å². The third-order valence-corrected chi connectivity index (χ3v) is 3.29. The summed E-state index contributed by atoms with van der Waals surface area (Å²) in [5, 5.41) is 9.36. The fraction of sp³-hybridized carbons (Fsp3) is 0.294. The van der Waals surface area contributed by atoms with Crippen LogP contribution in [0.15, 0.2) is 36.4 Å². The zero-order chi connectivity index (χ0) is 13.1. The molecule has 1 N–H and O–H groups in total. The number of benzene rings is 2. The van der Waals surface area contributed by atoms with Gasteiger partial charge < -0.3 is 5.11 Å². The van der Waals surface area contributed by atoms with Gasteiger partial charge in [-0.05, 0) is 60.2 Å². The number of hydrogen-bond acceptors (Lipinski definition) is 1. The van der Waals surface area contributed by atoms with Gasteiger partial charge in [0.1, 0.15) is 5.75 Å². The molecule has 2 aromatic carbocycles. The van der Waals surface area contributed by atoms with E-state index in [4.69, 9.17) is 0 Å². The van der Waals surface area contributed by atoms with Crippen molar-refractivity contribution in [1.29, 1.82) is 0 Å². The monoisotopic (exact) mass is 240 g/mol. The van der Waals surface area contributed by atoms with Crippen molar-refractivity contribution in [3.8, 4) is 16.9 Å². The molecule has 94 valence electrons. The molecule has 0 saturated carbocycles. The summed E-state index contributed by atoms with van der Waals surface area (Å²) in [4.78, 5) is 0. The molecule has 0 bridgehead atoms. The summed E-state index contributed by atoms with van der Waals surface area (Å²) in [5.74, 6) is 0.316. The summed E-state index contributed by atoms with van der Waals surface area (Å²) in [6, 6.07) is 12.0. The van der Waals surface area contributed by atoms with E-state index in [0.717, 1.165) is 6.42 Å². The largest absolute Gasteiger partial charge is 0.508 e. The number of hydrogen-bond donors (Lipinski definition) is 1. The van der Waals surface area contributed by atoms with E-state index in [1.165, 1.54) is 34.2 Å². The molecular weight excluding hydrogens is 220 g/mol. The Morgan fingerprint density at radius 1 is 0.944 bits per heavy atom. The van der Waals surface area contributed by atoms with E-state index >= 15 is 0 Å². The number of phenolic OH excluding ortho intramolecular Hbond substituents is 1. The van der Waals surface area contributed by atoms with E-state index in [0.29, 0.717) is 5.75 Å². The summed E-state index contributed by atoms with van der Waals surface area (Å²) in [7, 11) is 0. The Bertz CT molecular complexity index is 515. The minimum atomic E-state index is 0.316. The lowest BCUT2D eigenvalue weighted by Crippen LogP contribution is -1.92. The molecule has 0 aliphatic heterocycles. The smallest absolute Gasteiger partial charge is 0.115 e. The van der Waals surface area contributed by atoms with Gasteiger partial charge in [-0.2, -0.15) is 0 Å². The fourth-order valence-corrected chi connectivity index (χ4v) is 2.57. The topological polar surface area (TPSA) is 20.2 Å². The van der Waals surface area contributed by atoms with E-state index in [1.54, 1.807) is 12.1 Å². The Kier molecular flexibility index (Phi) is 3.71. The molecule has 0 heterocycles. The van der Waals surface area contributed by atoms with Crippen molar-refractivity contribution in [3.05, 3.63) is 53.1 Å². The molecule has 0 aliphatic carbocycles. The molecule has 0 aliphatic rings. The lowest BCUT2D eigenvalue weighted by molar-refractivity contribution is 0.475. The molecule has 0 spiro atoms. The molecule has 2 rings (SSSR count). The molecular formula is C17H20O. The Labute approximate surface area is 109 Å². The predicted octanol–water partition coefficient (Wildman–Crippen LogP) is 4.63. The van der Waals surface area contributed by atoms with Crippen molar-refractivity contribution in [3.63, 3.8) is 0 Å². The quantitative estimate of drug-likeness (QED) is 0.829. The van der Waals surface area contributed by atoms with E-state index in [2.05, 4.69) is 32.9 Å². The third-order valence-electron chi connectivity index (χ3n) is 3.29. The molecule has 0 atom stereocenters. The lowest BCUT2D eigenvalue weighted by atomic mass is 9.92. The first-order chi connectivity index (χ1) is 8.61. The molecule has 1 heteroatoms. The highest BCUT2D eigenvalue weighted by Gasteiger charge is 2.07. The zero-order valence-electron chi connectivity index (χ0n) is 11.3. The Balaban J connectivity index is 2.48. The molecule has 0 amide bonds. The highest BCUT2D eigenvalue weighted by atomic mass is 16.3. The molecule has 0 aromatic heterocycles. The van der Waals surface area contributed by atoms with Crippen LogP contribution in [0.2, 0.25) is 0 Å². The molecule has 2 aromatic rings. The first-order valence-corrected chi connectivity index (χ1v) is 6.51. The summed E-state index contributed by atoms with van der Waals surface area (Å²) in [5.41, 5.74) is 6.49. The van der Waals surface area contributed by atoms with Gasteiger partial charge >= 0.3 is 0 Å². The van der Waals surface area contributed by atoms with Crippen LogP contribution in [0.4, 0.5) is 0 Å². The summed E-state index contributed by atoms with van der Waals surface area (Å²) in [6.45, 7) is 6.53. The van der Waals surface area contributed by atoms with Gasteiger partial charge in [-0.15, -0.1) is 0 Å². The Hall–Kier alpha value is -1.76. The molecule has 1 nitrogen and oxygen atoms in total. The molecule has 0 unspecified atom stereocenters. The highest BCUT2D eigenvalue weighted by molar-refractivity contribution is 5.71. The van der Waals surface area contributed by atoms with Crippen molar-refractivity contribution in [2.75, 3.05) is 0 Å². The van der Waals surface area contributed by atoms with Crippen molar-refractivity contribution >= 4 is 0 Å². The first kappa shape index (κ1) is 12.7. The van der Waals surface area contributed by atoms with Crippen LogP contribution in [-0.4, -0.2) is 5.11 Å². The lowest BCUT2D eigenvalue weighted by Gasteiger charge is -2.13. The van der Waals surface area contributed by atoms with E-state index in [9.17, 15) is 5.11 Å². The van der Waals surface area contributed by atoms with Gasteiger partial charge in [-0.3, -0.25) is 0 Å². The molecule has 0 saturated heterocycles. The zero-order valence-corrected chi connectivity index (χ0v) is 11.3. The van der Waals surface area contributed by atoms with Crippen LogP contribution in [0.1, 0.15) is 30.0 Å². The third kappa shape index (κ3) is 2.56. The van der Waals surface area contributed by atoms with Crippen molar-refractivity contribution in [2.45, 2.75) is 33.6 Å². The molecule has 0 radical (unpaired) electrons. The Morgan fingerprint density at radius 2 is 1.50 bits per heavy atom. The van der Waals surface area contributed by atoms with Gasteiger partial charge in [0.2, 0.25) is 0 Å². The Morgan fingerprint density at radius 3 is 2.00 bits per heavy atom. The molecule has 18 heavy (non-hydrogen) atoms. The van der Waals surface area contributed by atoms with Crippen LogP contribution in [-0.2, 0) is 6.42 Å². The SMILES string of the molecule is CCCc1cc(C)c(-c2ccc(O)cc2)c(C)c1. The second-order valence-electron chi connectivity index (χ2n) is 4.90. The van der Waals surface area contributed by atoms with Crippen LogP contribution in [0.25, 0.3) is 11.1 Å². The number of rotatable bonds is 3. The normalized spacial score (nSPS) is 10.6. The van der Waals surface area contributed by atoms with Gasteiger partial charge in [0.05, 0.1) is 0 Å². The standard InChI is InChI=1S/C17H20O/c1-4-5-14-10-12(2)17(13(3)11-14)15-6-8-16(18)9-7-15/h6-11,18H,4-5H2,1-3H3. The van der Waals surface area contributed by atoms with Crippen molar-refractivity contribution in [1.82, 2.24) is 0 Å². The minimum absolute atomic E-state index is 0.316. The van der Waals surface area contributed by atoms with Crippen LogP contribution < -0.4 is 0 Å². The first-order valence-electron chi connectivity index (χ1n) is 6.51. The van der Waals surface area contributed by atoms with Crippen molar-refractivity contribution in [2.24, 2.45) is 0 Å². The van der Waals surface area contributed by atoms with Crippen LogP contribution >= 0.6 is 0 Å². The average molecular weight is 240 g/mol. The minimum Gasteiger partial charge on any atom is -0.508 e. The van der Waals surface area contributed by atoms with Gasteiger partial charge in [0.25, 0.3) is 0 Å². The van der Waals surface area contributed by atoms with E-state index in [1.807, 2.05) is 12.1 Å². The van der Waals surface area contributed by atoms with Gasteiger partial charge in [0.15, 0.2) is 0 Å². The maximum absolute atomic E-state index is 9.36. The van der Waals surface area contributed by atoms with E-state index < -0.39 is 0 Å². The second-order valence-corrected chi connectivity index (χ2v) is 4.90. The van der Waals surface area contributed by atoms with Gasteiger partial charge in [-0.1, -0.05) is 37.6 Å².